The van der Waals surface area contributed by atoms with E-state index in [1.807, 2.05) is 0 Å². The van der Waals surface area contributed by atoms with Crippen LogP contribution in [0.3, 0.4) is 0 Å². The van der Waals surface area contributed by atoms with E-state index < -0.39 is 29.3 Å². The fourth-order valence-corrected chi connectivity index (χ4v) is 1.45. The number of ether oxygens (including phenoxy) is 1. The molecule has 0 N–H and O–H groups in total. The van der Waals surface area contributed by atoms with E-state index in [4.69, 9.17) is 0 Å². The molecular weight excluding hydrogens is 252 g/mol. The van der Waals surface area contributed by atoms with Gasteiger partial charge in [-0.05, 0) is 6.92 Å². The summed E-state index contributed by atoms with van der Waals surface area (Å²) >= 11 is 0. The van der Waals surface area contributed by atoms with Crippen molar-refractivity contribution < 1.29 is 39.9 Å². The van der Waals surface area contributed by atoms with Crippen LogP contribution in [-0.2, 0) is 4.74 Å². The van der Waals surface area contributed by atoms with Gasteiger partial charge in [0.25, 0.3) is 0 Å². The quantitative estimate of drug-likeness (QED) is 0.657. The van der Waals surface area contributed by atoms with Crippen molar-refractivity contribution in [2.24, 2.45) is 0 Å². The Kier molecular flexibility index (Phi) is 2.35. The van der Waals surface area contributed by atoms with Crippen LogP contribution in [0.4, 0.5) is 35.1 Å². The molecule has 0 saturated heterocycles. The second-order valence-electron chi connectivity index (χ2n) is 3.53. The van der Waals surface area contributed by atoms with E-state index in [0.29, 0.717) is 0 Å². The van der Waals surface area contributed by atoms with E-state index in [1.54, 1.807) is 0 Å². The van der Waals surface area contributed by atoms with Crippen LogP contribution in [0.15, 0.2) is 0 Å². The summed E-state index contributed by atoms with van der Waals surface area (Å²) in [5.41, 5.74) is -4.27. The smallest absolute Gasteiger partial charge is 0.366 e. The Bertz CT molecular complexity index is 284. The van der Waals surface area contributed by atoms with Crippen LogP contribution in [0.2, 0.25) is 0 Å². The summed E-state index contributed by atoms with van der Waals surface area (Å²) in [5, 5.41) is 0. The van der Waals surface area contributed by atoms with Gasteiger partial charge >= 0.3 is 23.7 Å². The van der Waals surface area contributed by atoms with Crippen molar-refractivity contribution in [2.75, 3.05) is 7.11 Å². The maximum Gasteiger partial charge on any atom is 0.381 e. The molecule has 0 aromatic rings. The molecule has 1 nitrogen and oxygen atoms in total. The van der Waals surface area contributed by atoms with Gasteiger partial charge in [-0.2, -0.15) is 35.1 Å². The standard InChI is InChI=1S/C7H6F8O/c1-3(16-2)4(8,9)6(12,13)7(14,15)5(3,10)11/h1-2H3. The van der Waals surface area contributed by atoms with Gasteiger partial charge in [0.15, 0.2) is 0 Å². The Morgan fingerprint density at radius 2 is 0.875 bits per heavy atom. The molecule has 1 aliphatic carbocycles. The molecule has 1 fully saturated rings. The molecule has 9 heteroatoms. The SMILES string of the molecule is COC1(C)C(F)(F)C(F)(F)C(F)(F)C1(F)F. The van der Waals surface area contributed by atoms with Crippen molar-refractivity contribution in [2.45, 2.75) is 36.2 Å². The average molecular weight is 258 g/mol. The van der Waals surface area contributed by atoms with Crippen LogP contribution in [-0.4, -0.2) is 36.4 Å². The molecule has 0 spiro atoms. The van der Waals surface area contributed by atoms with Crippen LogP contribution in [0.5, 0.6) is 0 Å². The van der Waals surface area contributed by atoms with E-state index >= 15 is 0 Å². The summed E-state index contributed by atoms with van der Waals surface area (Å²) in [7, 11) is 0.235. The van der Waals surface area contributed by atoms with Gasteiger partial charge in [-0.3, -0.25) is 0 Å². The third-order valence-corrected chi connectivity index (χ3v) is 2.79. The van der Waals surface area contributed by atoms with Crippen LogP contribution < -0.4 is 0 Å². The van der Waals surface area contributed by atoms with Crippen LogP contribution in [0, 0.1) is 0 Å². The molecule has 16 heavy (non-hydrogen) atoms. The number of halogens is 8. The lowest BCUT2D eigenvalue weighted by Crippen LogP contribution is -2.57. The highest BCUT2D eigenvalue weighted by molar-refractivity contribution is 5.25. The summed E-state index contributed by atoms with van der Waals surface area (Å²) in [6, 6.07) is 0. The number of hydrogen-bond donors (Lipinski definition) is 0. The highest BCUT2D eigenvalue weighted by atomic mass is 19.4. The third-order valence-electron chi connectivity index (χ3n) is 2.79. The van der Waals surface area contributed by atoms with Gasteiger partial charge in [0, 0.05) is 7.11 Å². The normalized spacial score (nSPS) is 32.6. The molecule has 0 aliphatic heterocycles. The van der Waals surface area contributed by atoms with Crippen LogP contribution in [0.25, 0.3) is 0 Å². The van der Waals surface area contributed by atoms with Gasteiger partial charge in [0.05, 0.1) is 0 Å². The van der Waals surface area contributed by atoms with Crippen molar-refractivity contribution in [3.8, 4) is 0 Å². The molecule has 0 atom stereocenters. The van der Waals surface area contributed by atoms with Gasteiger partial charge in [-0.25, -0.2) is 0 Å². The average Bonchev–Trinajstić information content (AvgIpc) is 2.18. The molecule has 0 amide bonds. The summed E-state index contributed by atoms with van der Waals surface area (Å²) in [4.78, 5) is 0. The largest absolute Gasteiger partial charge is 0.381 e. The molecule has 0 bridgehead atoms. The third kappa shape index (κ3) is 0.917. The second kappa shape index (κ2) is 2.80. The molecular formula is C7H6F8O. The number of methoxy groups -OCH3 is 1. The van der Waals surface area contributed by atoms with E-state index in [1.165, 1.54) is 0 Å². The molecule has 1 aliphatic rings. The number of alkyl halides is 8. The topological polar surface area (TPSA) is 9.23 Å². The first-order valence-corrected chi connectivity index (χ1v) is 3.87. The fourth-order valence-electron chi connectivity index (χ4n) is 1.45. The summed E-state index contributed by atoms with van der Waals surface area (Å²) in [5.74, 6) is -23.8. The molecule has 0 radical (unpaired) electrons. The molecule has 0 heterocycles. The van der Waals surface area contributed by atoms with E-state index in [0.717, 1.165) is 0 Å². The highest BCUT2D eigenvalue weighted by Gasteiger charge is 2.98. The zero-order valence-electron chi connectivity index (χ0n) is 7.93. The Balaban J connectivity index is 3.58. The van der Waals surface area contributed by atoms with Gasteiger partial charge in [-0.1, -0.05) is 0 Å². The second-order valence-corrected chi connectivity index (χ2v) is 3.53. The number of hydrogen-bond acceptors (Lipinski definition) is 1. The van der Waals surface area contributed by atoms with Gasteiger partial charge < -0.3 is 4.74 Å². The zero-order chi connectivity index (χ0) is 13.2. The van der Waals surface area contributed by atoms with Crippen molar-refractivity contribution in [3.05, 3.63) is 0 Å². The fraction of sp³-hybridized carbons (Fsp3) is 1.00. The molecule has 1 rings (SSSR count). The first-order valence-electron chi connectivity index (χ1n) is 3.87. The monoisotopic (exact) mass is 258 g/mol. The Hall–Kier alpha value is -0.600. The van der Waals surface area contributed by atoms with E-state index in [2.05, 4.69) is 4.74 Å². The minimum Gasteiger partial charge on any atom is -0.366 e. The van der Waals surface area contributed by atoms with Crippen molar-refractivity contribution >= 4 is 0 Å². The highest BCUT2D eigenvalue weighted by Crippen LogP contribution is 2.68. The Morgan fingerprint density at radius 1 is 0.625 bits per heavy atom. The van der Waals surface area contributed by atoms with Crippen LogP contribution >= 0.6 is 0 Å². The summed E-state index contributed by atoms with van der Waals surface area (Å²) < 4.78 is 106. The summed E-state index contributed by atoms with van der Waals surface area (Å²) in [6.45, 7) is -0.179. The Labute approximate surface area is 84.4 Å². The van der Waals surface area contributed by atoms with Gasteiger partial charge in [0.2, 0.25) is 5.60 Å². The van der Waals surface area contributed by atoms with E-state index in [-0.39, 0.29) is 14.0 Å². The predicted molar refractivity (Wildman–Crippen MR) is 35.2 cm³/mol. The van der Waals surface area contributed by atoms with Crippen LogP contribution in [0.1, 0.15) is 6.92 Å². The predicted octanol–water partition coefficient (Wildman–Crippen LogP) is 2.95. The lowest BCUT2D eigenvalue weighted by Gasteiger charge is -2.33. The van der Waals surface area contributed by atoms with Crippen molar-refractivity contribution in [3.63, 3.8) is 0 Å². The molecule has 0 aromatic heterocycles. The molecule has 1 saturated carbocycles. The first kappa shape index (κ1) is 13.5. The lowest BCUT2D eigenvalue weighted by atomic mass is 9.97. The van der Waals surface area contributed by atoms with Crippen molar-refractivity contribution in [1.29, 1.82) is 0 Å². The van der Waals surface area contributed by atoms with E-state index in [9.17, 15) is 35.1 Å². The maximum atomic E-state index is 12.9. The lowest BCUT2D eigenvalue weighted by molar-refractivity contribution is -0.303. The minimum atomic E-state index is -6.19. The van der Waals surface area contributed by atoms with Crippen molar-refractivity contribution in [1.82, 2.24) is 0 Å². The molecule has 0 aromatic carbocycles. The number of rotatable bonds is 1. The van der Waals surface area contributed by atoms with Gasteiger partial charge in [0.1, 0.15) is 0 Å². The minimum absolute atomic E-state index is 0.179. The van der Waals surface area contributed by atoms with Gasteiger partial charge in [-0.15, -0.1) is 0 Å². The summed E-state index contributed by atoms with van der Waals surface area (Å²) in [6.07, 6.45) is 0. The first-order chi connectivity index (χ1) is 6.81. The molecule has 0 unspecified atom stereocenters. The Morgan fingerprint density at radius 3 is 1.00 bits per heavy atom. The zero-order valence-corrected chi connectivity index (χ0v) is 7.93. The molecule has 96 valence electrons. The maximum absolute atomic E-state index is 12.9.